The van der Waals surface area contributed by atoms with E-state index in [0.717, 1.165) is 16.7 Å². The van der Waals surface area contributed by atoms with Gasteiger partial charge in [-0.1, -0.05) is 24.3 Å². The van der Waals surface area contributed by atoms with Gasteiger partial charge in [0.15, 0.2) is 0 Å². The van der Waals surface area contributed by atoms with Gasteiger partial charge in [0.1, 0.15) is 5.82 Å². The molecule has 0 aliphatic heterocycles. The van der Waals surface area contributed by atoms with Crippen molar-refractivity contribution in [1.82, 2.24) is 0 Å². The Bertz CT molecular complexity index is 1040. The second kappa shape index (κ2) is 8.05. The first-order valence-corrected chi connectivity index (χ1v) is 8.89. The summed E-state index contributed by atoms with van der Waals surface area (Å²) in [7, 11) is 0. The van der Waals surface area contributed by atoms with Gasteiger partial charge in [0.05, 0.1) is 5.56 Å². The van der Waals surface area contributed by atoms with Crippen molar-refractivity contribution in [3.63, 3.8) is 0 Å². The summed E-state index contributed by atoms with van der Waals surface area (Å²) in [5.41, 5.74) is 4.39. The van der Waals surface area contributed by atoms with Gasteiger partial charge < -0.3 is 10.6 Å². The van der Waals surface area contributed by atoms with E-state index in [1.807, 2.05) is 39.0 Å². The molecule has 0 atom stereocenters. The van der Waals surface area contributed by atoms with Crippen molar-refractivity contribution in [1.29, 1.82) is 0 Å². The van der Waals surface area contributed by atoms with Crippen molar-refractivity contribution in [2.75, 3.05) is 10.6 Å². The first kappa shape index (κ1) is 19.3. The summed E-state index contributed by atoms with van der Waals surface area (Å²) < 4.78 is 13.8. The number of anilines is 2. The Hall–Kier alpha value is -3.47. The summed E-state index contributed by atoms with van der Waals surface area (Å²) in [6, 6.07) is 16.6. The van der Waals surface area contributed by atoms with Gasteiger partial charge in [-0.15, -0.1) is 0 Å². The average Bonchev–Trinajstić information content (AvgIpc) is 2.62. The molecule has 142 valence electrons. The summed E-state index contributed by atoms with van der Waals surface area (Å²) in [5, 5.41) is 5.55. The van der Waals surface area contributed by atoms with Crippen molar-refractivity contribution < 1.29 is 14.0 Å². The van der Waals surface area contributed by atoms with E-state index in [4.69, 9.17) is 0 Å². The summed E-state index contributed by atoms with van der Waals surface area (Å²) in [4.78, 5) is 25.0. The molecule has 2 amide bonds. The zero-order valence-corrected chi connectivity index (χ0v) is 16.0. The van der Waals surface area contributed by atoms with Crippen LogP contribution in [0.1, 0.15) is 37.4 Å². The van der Waals surface area contributed by atoms with Crippen LogP contribution in [0.2, 0.25) is 0 Å². The third-order valence-electron chi connectivity index (χ3n) is 4.35. The minimum atomic E-state index is -0.596. The van der Waals surface area contributed by atoms with Gasteiger partial charge in [-0.25, -0.2) is 4.39 Å². The van der Waals surface area contributed by atoms with Crippen LogP contribution in [0.15, 0.2) is 60.7 Å². The highest BCUT2D eigenvalue weighted by Crippen LogP contribution is 2.21. The lowest BCUT2D eigenvalue weighted by Gasteiger charge is -2.12. The number of carbonyl (C=O) groups excluding carboxylic acids is 2. The second-order valence-corrected chi connectivity index (χ2v) is 6.79. The highest BCUT2D eigenvalue weighted by atomic mass is 19.1. The van der Waals surface area contributed by atoms with E-state index in [1.165, 1.54) is 18.2 Å². The van der Waals surface area contributed by atoms with Crippen LogP contribution in [0.5, 0.6) is 0 Å². The van der Waals surface area contributed by atoms with Crippen molar-refractivity contribution >= 4 is 23.2 Å². The molecule has 0 unspecified atom stereocenters. The largest absolute Gasteiger partial charge is 0.322 e. The molecule has 3 rings (SSSR count). The van der Waals surface area contributed by atoms with Gasteiger partial charge in [-0.05, 0) is 73.9 Å². The van der Waals surface area contributed by atoms with E-state index >= 15 is 0 Å². The van der Waals surface area contributed by atoms with Crippen LogP contribution in [0.3, 0.4) is 0 Å². The standard InChI is InChI=1S/C23H21FN2O2/c1-14-10-15(2)12-18(11-14)25-22(27)17-9-8-16(3)21(13-17)26-23(28)19-6-4-5-7-20(19)24/h4-13H,1-3H3,(H,25,27)(H,26,28). The Balaban J connectivity index is 1.81. The first-order chi connectivity index (χ1) is 13.3. The smallest absolute Gasteiger partial charge is 0.258 e. The molecule has 0 aliphatic rings. The molecule has 3 aromatic rings. The van der Waals surface area contributed by atoms with Crippen LogP contribution in [0.4, 0.5) is 15.8 Å². The summed E-state index contributed by atoms with van der Waals surface area (Å²) in [6.07, 6.45) is 0. The fourth-order valence-electron chi connectivity index (χ4n) is 2.98. The number of nitrogens with one attached hydrogen (secondary N) is 2. The molecule has 5 heteroatoms. The number of aryl methyl sites for hydroxylation is 3. The quantitative estimate of drug-likeness (QED) is 0.653. The highest BCUT2D eigenvalue weighted by Gasteiger charge is 2.14. The molecule has 0 radical (unpaired) electrons. The molecule has 0 heterocycles. The lowest BCUT2D eigenvalue weighted by molar-refractivity contribution is 0.101. The normalized spacial score (nSPS) is 10.4. The number of benzene rings is 3. The van der Waals surface area contributed by atoms with Crippen molar-refractivity contribution in [2.24, 2.45) is 0 Å². The molecule has 0 aliphatic carbocycles. The lowest BCUT2D eigenvalue weighted by Crippen LogP contribution is -2.16. The topological polar surface area (TPSA) is 58.2 Å². The fraction of sp³-hybridized carbons (Fsp3) is 0.130. The predicted molar refractivity (Wildman–Crippen MR) is 109 cm³/mol. The molecule has 0 spiro atoms. The SMILES string of the molecule is Cc1cc(C)cc(NC(=O)c2ccc(C)c(NC(=O)c3ccccc3F)c2)c1. The molecule has 4 nitrogen and oxygen atoms in total. The van der Waals surface area contributed by atoms with Gasteiger partial charge in [-0.2, -0.15) is 0 Å². The Labute approximate surface area is 163 Å². The number of hydrogen-bond donors (Lipinski definition) is 2. The summed E-state index contributed by atoms with van der Waals surface area (Å²) >= 11 is 0. The summed E-state index contributed by atoms with van der Waals surface area (Å²) in [6.45, 7) is 5.73. The Morgan fingerprint density at radius 1 is 0.786 bits per heavy atom. The molecular weight excluding hydrogens is 355 g/mol. The third kappa shape index (κ3) is 4.43. The van der Waals surface area contributed by atoms with Crippen LogP contribution in [-0.4, -0.2) is 11.8 Å². The number of hydrogen-bond acceptors (Lipinski definition) is 2. The highest BCUT2D eigenvalue weighted by molar-refractivity contribution is 6.08. The molecule has 0 fully saturated rings. The molecule has 0 saturated carbocycles. The minimum Gasteiger partial charge on any atom is -0.322 e. The van der Waals surface area contributed by atoms with Crippen molar-refractivity contribution in [3.05, 3.63) is 94.3 Å². The van der Waals surface area contributed by atoms with Crippen LogP contribution in [0.25, 0.3) is 0 Å². The maximum absolute atomic E-state index is 13.8. The first-order valence-electron chi connectivity index (χ1n) is 8.89. The predicted octanol–water partition coefficient (Wildman–Crippen LogP) is 5.26. The van der Waals surface area contributed by atoms with Crippen LogP contribution >= 0.6 is 0 Å². The van der Waals surface area contributed by atoms with Crippen molar-refractivity contribution in [2.45, 2.75) is 20.8 Å². The van der Waals surface area contributed by atoms with Gasteiger partial charge in [0.25, 0.3) is 11.8 Å². The van der Waals surface area contributed by atoms with Crippen molar-refractivity contribution in [3.8, 4) is 0 Å². The second-order valence-electron chi connectivity index (χ2n) is 6.79. The van der Waals surface area contributed by atoms with E-state index in [-0.39, 0.29) is 11.5 Å². The number of carbonyl (C=O) groups is 2. The zero-order chi connectivity index (χ0) is 20.3. The molecule has 3 aromatic carbocycles. The molecule has 0 saturated heterocycles. The molecular formula is C23H21FN2O2. The minimum absolute atomic E-state index is 0.0491. The van der Waals surface area contributed by atoms with Crippen LogP contribution in [-0.2, 0) is 0 Å². The maximum atomic E-state index is 13.8. The number of rotatable bonds is 4. The fourth-order valence-corrected chi connectivity index (χ4v) is 2.98. The Morgan fingerprint density at radius 3 is 2.14 bits per heavy atom. The molecule has 28 heavy (non-hydrogen) atoms. The third-order valence-corrected chi connectivity index (χ3v) is 4.35. The van der Waals surface area contributed by atoms with Crippen LogP contribution in [0, 0.1) is 26.6 Å². The lowest BCUT2D eigenvalue weighted by atomic mass is 10.1. The zero-order valence-electron chi connectivity index (χ0n) is 16.0. The van der Waals surface area contributed by atoms with E-state index in [2.05, 4.69) is 10.6 Å². The average molecular weight is 376 g/mol. The summed E-state index contributed by atoms with van der Waals surface area (Å²) in [5.74, 6) is -1.44. The number of amides is 2. The maximum Gasteiger partial charge on any atom is 0.258 e. The number of halogens is 1. The van der Waals surface area contributed by atoms with Gasteiger partial charge in [-0.3, -0.25) is 9.59 Å². The Morgan fingerprint density at radius 2 is 1.46 bits per heavy atom. The van der Waals surface area contributed by atoms with Gasteiger partial charge in [0, 0.05) is 16.9 Å². The van der Waals surface area contributed by atoms with Crippen LogP contribution < -0.4 is 10.6 Å². The molecule has 2 N–H and O–H groups in total. The molecule has 0 aromatic heterocycles. The Kier molecular flexibility index (Phi) is 5.54. The van der Waals surface area contributed by atoms with E-state index in [9.17, 15) is 14.0 Å². The van der Waals surface area contributed by atoms with E-state index in [0.29, 0.717) is 16.9 Å². The van der Waals surface area contributed by atoms with E-state index in [1.54, 1.807) is 24.3 Å². The van der Waals surface area contributed by atoms with E-state index < -0.39 is 11.7 Å². The molecule has 0 bridgehead atoms. The van der Waals surface area contributed by atoms with Gasteiger partial charge >= 0.3 is 0 Å². The van der Waals surface area contributed by atoms with Gasteiger partial charge in [0.2, 0.25) is 0 Å². The monoisotopic (exact) mass is 376 g/mol.